The third-order valence-electron chi connectivity index (χ3n) is 3.89. The summed E-state index contributed by atoms with van der Waals surface area (Å²) < 4.78 is 5.68. The molecule has 26 heavy (non-hydrogen) atoms. The van der Waals surface area contributed by atoms with Gasteiger partial charge < -0.3 is 10.1 Å². The molecule has 2 heterocycles. The minimum atomic E-state index is -0.270. The molecule has 0 saturated carbocycles. The standard InChI is InChI=1S/C19H17Cl2N3O2/c1-11-5-6-14-15(20)8-16(21)19(18(14)23-11)26-10-17(25)24-12(2)13-4-3-7-22-9-13/h3-9,12H,10H2,1-2H3,(H,24,25). The molecule has 134 valence electrons. The van der Waals surface area contributed by atoms with E-state index in [4.69, 9.17) is 27.9 Å². The minimum Gasteiger partial charge on any atom is -0.480 e. The van der Waals surface area contributed by atoms with E-state index in [1.807, 2.05) is 38.1 Å². The van der Waals surface area contributed by atoms with Crippen LogP contribution in [0.1, 0.15) is 24.2 Å². The highest BCUT2D eigenvalue weighted by atomic mass is 35.5. The third kappa shape index (κ3) is 4.06. The van der Waals surface area contributed by atoms with Crippen molar-refractivity contribution in [3.05, 3.63) is 64.0 Å². The van der Waals surface area contributed by atoms with Crippen LogP contribution in [-0.4, -0.2) is 22.5 Å². The molecule has 0 bridgehead atoms. The van der Waals surface area contributed by atoms with Crippen molar-refractivity contribution in [2.45, 2.75) is 19.9 Å². The first kappa shape index (κ1) is 18.4. The average Bonchev–Trinajstić information content (AvgIpc) is 2.62. The van der Waals surface area contributed by atoms with Gasteiger partial charge in [0.15, 0.2) is 12.4 Å². The lowest BCUT2D eigenvalue weighted by atomic mass is 10.1. The van der Waals surface area contributed by atoms with E-state index in [1.165, 1.54) is 0 Å². The van der Waals surface area contributed by atoms with E-state index in [1.54, 1.807) is 18.5 Å². The van der Waals surface area contributed by atoms with E-state index in [2.05, 4.69) is 15.3 Å². The van der Waals surface area contributed by atoms with Crippen LogP contribution in [0.15, 0.2) is 42.7 Å². The molecule has 0 saturated heterocycles. The largest absolute Gasteiger partial charge is 0.480 e. The first-order chi connectivity index (χ1) is 12.5. The Balaban J connectivity index is 1.75. The Morgan fingerprint density at radius 3 is 2.81 bits per heavy atom. The van der Waals surface area contributed by atoms with Gasteiger partial charge in [0.25, 0.3) is 5.91 Å². The van der Waals surface area contributed by atoms with E-state index in [0.717, 1.165) is 16.6 Å². The lowest BCUT2D eigenvalue weighted by molar-refractivity contribution is -0.123. The summed E-state index contributed by atoms with van der Waals surface area (Å²) in [7, 11) is 0. The zero-order valence-electron chi connectivity index (χ0n) is 14.3. The number of carbonyl (C=O) groups is 1. The van der Waals surface area contributed by atoms with Crippen LogP contribution < -0.4 is 10.1 Å². The van der Waals surface area contributed by atoms with Crippen molar-refractivity contribution in [1.82, 2.24) is 15.3 Å². The highest BCUT2D eigenvalue weighted by Gasteiger charge is 2.16. The summed E-state index contributed by atoms with van der Waals surface area (Å²) in [4.78, 5) is 20.7. The van der Waals surface area contributed by atoms with E-state index >= 15 is 0 Å². The molecule has 0 radical (unpaired) electrons. The molecule has 3 aromatic rings. The molecule has 1 unspecified atom stereocenters. The molecule has 7 heteroatoms. The summed E-state index contributed by atoms with van der Waals surface area (Å²) in [6.07, 6.45) is 3.39. The summed E-state index contributed by atoms with van der Waals surface area (Å²) in [6, 6.07) is 8.84. The number of amides is 1. The molecule has 2 aromatic heterocycles. The predicted octanol–water partition coefficient (Wildman–Crippen LogP) is 4.50. The summed E-state index contributed by atoms with van der Waals surface area (Å²) in [6.45, 7) is 3.56. The molecule has 0 spiro atoms. The number of nitrogens with one attached hydrogen (secondary N) is 1. The molecule has 0 aliphatic heterocycles. The second-order valence-electron chi connectivity index (χ2n) is 5.88. The SMILES string of the molecule is Cc1ccc2c(Cl)cc(Cl)c(OCC(=O)NC(C)c3cccnc3)c2n1. The maximum Gasteiger partial charge on any atom is 0.258 e. The van der Waals surface area contributed by atoms with Gasteiger partial charge in [0.05, 0.1) is 16.1 Å². The molecule has 1 N–H and O–H groups in total. The van der Waals surface area contributed by atoms with Crippen LogP contribution in [-0.2, 0) is 4.79 Å². The zero-order chi connectivity index (χ0) is 18.7. The van der Waals surface area contributed by atoms with Gasteiger partial charge in [0.1, 0.15) is 5.52 Å². The van der Waals surface area contributed by atoms with Gasteiger partial charge in [0.2, 0.25) is 0 Å². The van der Waals surface area contributed by atoms with E-state index in [9.17, 15) is 4.79 Å². The smallest absolute Gasteiger partial charge is 0.258 e. The van der Waals surface area contributed by atoms with Crippen LogP contribution in [0.3, 0.4) is 0 Å². The number of hydrogen-bond acceptors (Lipinski definition) is 4. The van der Waals surface area contributed by atoms with Crippen molar-refractivity contribution in [1.29, 1.82) is 0 Å². The van der Waals surface area contributed by atoms with Gasteiger partial charge >= 0.3 is 0 Å². The Bertz CT molecular complexity index is 948. The van der Waals surface area contributed by atoms with E-state index in [0.29, 0.717) is 21.3 Å². The molecule has 0 aliphatic carbocycles. The van der Waals surface area contributed by atoms with Gasteiger partial charge in [-0.3, -0.25) is 9.78 Å². The van der Waals surface area contributed by atoms with Gasteiger partial charge in [-0.15, -0.1) is 0 Å². The van der Waals surface area contributed by atoms with Crippen molar-refractivity contribution in [3.8, 4) is 5.75 Å². The van der Waals surface area contributed by atoms with Gasteiger partial charge in [0, 0.05) is 23.5 Å². The quantitative estimate of drug-likeness (QED) is 0.697. The van der Waals surface area contributed by atoms with Gasteiger partial charge in [-0.2, -0.15) is 0 Å². The molecule has 1 aromatic carbocycles. The number of rotatable bonds is 5. The molecule has 5 nitrogen and oxygen atoms in total. The van der Waals surface area contributed by atoms with Gasteiger partial charge in [-0.05, 0) is 43.7 Å². The maximum atomic E-state index is 12.2. The van der Waals surface area contributed by atoms with E-state index < -0.39 is 0 Å². The average molecular weight is 390 g/mol. The fraction of sp³-hybridized carbons (Fsp3) is 0.211. The van der Waals surface area contributed by atoms with Crippen molar-refractivity contribution in [2.75, 3.05) is 6.61 Å². The molecule has 0 fully saturated rings. The first-order valence-electron chi connectivity index (χ1n) is 8.03. The number of carbonyl (C=O) groups excluding carboxylic acids is 1. The minimum absolute atomic E-state index is 0.183. The summed E-state index contributed by atoms with van der Waals surface area (Å²) in [5.41, 5.74) is 2.25. The predicted molar refractivity (Wildman–Crippen MR) is 103 cm³/mol. The molecule has 1 atom stereocenters. The topological polar surface area (TPSA) is 64.1 Å². The van der Waals surface area contributed by atoms with Crippen LogP contribution in [0.4, 0.5) is 0 Å². The Morgan fingerprint density at radius 1 is 1.27 bits per heavy atom. The lowest BCUT2D eigenvalue weighted by Gasteiger charge is -2.15. The first-order valence-corrected chi connectivity index (χ1v) is 8.78. The molecular weight excluding hydrogens is 373 g/mol. The number of aromatic nitrogens is 2. The highest BCUT2D eigenvalue weighted by molar-refractivity contribution is 6.39. The van der Waals surface area contributed by atoms with Crippen molar-refractivity contribution >= 4 is 40.0 Å². The summed E-state index contributed by atoms with van der Waals surface area (Å²) in [5, 5.41) is 4.39. The monoisotopic (exact) mass is 389 g/mol. The van der Waals surface area contributed by atoms with Crippen molar-refractivity contribution in [3.63, 3.8) is 0 Å². The highest BCUT2D eigenvalue weighted by Crippen LogP contribution is 2.37. The number of aryl methyl sites for hydroxylation is 1. The number of pyridine rings is 2. The second-order valence-corrected chi connectivity index (χ2v) is 6.70. The summed E-state index contributed by atoms with van der Waals surface area (Å²) in [5.74, 6) is 0.0760. The summed E-state index contributed by atoms with van der Waals surface area (Å²) >= 11 is 12.5. The number of fused-ring (bicyclic) bond motifs is 1. The van der Waals surface area contributed by atoms with Crippen LogP contribution in [0.5, 0.6) is 5.75 Å². The maximum absolute atomic E-state index is 12.2. The van der Waals surface area contributed by atoms with Crippen LogP contribution in [0.2, 0.25) is 10.0 Å². The number of halogens is 2. The van der Waals surface area contributed by atoms with Gasteiger partial charge in [-0.1, -0.05) is 29.3 Å². The Kier molecular flexibility index (Phi) is 5.59. The normalized spacial score (nSPS) is 12.0. The van der Waals surface area contributed by atoms with Crippen LogP contribution in [0, 0.1) is 6.92 Å². The van der Waals surface area contributed by atoms with Crippen LogP contribution in [0.25, 0.3) is 10.9 Å². The van der Waals surface area contributed by atoms with Crippen molar-refractivity contribution < 1.29 is 9.53 Å². The molecule has 0 aliphatic rings. The number of nitrogens with zero attached hydrogens (tertiary/aromatic N) is 2. The number of benzene rings is 1. The molecule has 1 amide bonds. The zero-order valence-corrected chi connectivity index (χ0v) is 15.8. The van der Waals surface area contributed by atoms with Crippen molar-refractivity contribution in [2.24, 2.45) is 0 Å². The number of hydrogen-bond donors (Lipinski definition) is 1. The Morgan fingerprint density at radius 2 is 2.08 bits per heavy atom. The molecule has 3 rings (SSSR count). The lowest BCUT2D eigenvalue weighted by Crippen LogP contribution is -2.31. The Labute approximate surface area is 161 Å². The van der Waals surface area contributed by atoms with E-state index in [-0.39, 0.29) is 18.6 Å². The fourth-order valence-corrected chi connectivity index (χ4v) is 3.13. The van der Waals surface area contributed by atoms with Gasteiger partial charge in [-0.25, -0.2) is 4.98 Å². The Hall–Kier alpha value is -2.37. The molecular formula is C19H17Cl2N3O2. The van der Waals surface area contributed by atoms with Crippen LogP contribution >= 0.6 is 23.2 Å². The number of ether oxygens (including phenoxy) is 1. The fourth-order valence-electron chi connectivity index (χ4n) is 2.56. The third-order valence-corrected chi connectivity index (χ3v) is 4.48. The second kappa shape index (κ2) is 7.89.